The molecule has 1 aromatic rings. The lowest BCUT2D eigenvalue weighted by Gasteiger charge is -2.02. The van der Waals surface area contributed by atoms with Gasteiger partial charge in [0.15, 0.2) is 9.84 Å². The molecule has 0 spiro atoms. The molecule has 0 aliphatic heterocycles. The number of halogens is 2. The van der Waals surface area contributed by atoms with Crippen molar-refractivity contribution in [3.63, 3.8) is 0 Å². The summed E-state index contributed by atoms with van der Waals surface area (Å²) in [6, 6.07) is 3.92. The number of sulfone groups is 1. The summed E-state index contributed by atoms with van der Waals surface area (Å²) in [5.41, 5.74) is 0. The van der Waals surface area contributed by atoms with Crippen LogP contribution in [0, 0.1) is 5.82 Å². The standard InChI is InChI=1S/C9H8BrFO2S/c10-8-4-3-7(5-9(8)11)14(12,13)6-1-2-6/h3-6H,1-2H2. The summed E-state index contributed by atoms with van der Waals surface area (Å²) < 4.78 is 36.7. The van der Waals surface area contributed by atoms with Gasteiger partial charge < -0.3 is 0 Å². The van der Waals surface area contributed by atoms with Gasteiger partial charge >= 0.3 is 0 Å². The third-order valence-electron chi connectivity index (χ3n) is 2.18. The average Bonchev–Trinajstić information content (AvgIpc) is 2.92. The van der Waals surface area contributed by atoms with E-state index in [-0.39, 0.29) is 14.6 Å². The number of rotatable bonds is 2. The Bertz CT molecular complexity index is 466. The van der Waals surface area contributed by atoms with E-state index in [1.807, 2.05) is 0 Å². The van der Waals surface area contributed by atoms with Crippen LogP contribution in [0.1, 0.15) is 12.8 Å². The van der Waals surface area contributed by atoms with Crippen molar-refractivity contribution in [2.45, 2.75) is 23.0 Å². The predicted octanol–water partition coefficient (Wildman–Crippen LogP) is 2.52. The van der Waals surface area contributed by atoms with E-state index in [1.54, 1.807) is 0 Å². The Hall–Kier alpha value is -0.420. The molecule has 1 aliphatic rings. The molecular formula is C9H8BrFO2S. The molecular weight excluding hydrogens is 271 g/mol. The van der Waals surface area contributed by atoms with Gasteiger partial charge in [-0.05, 0) is 47.0 Å². The molecule has 1 fully saturated rings. The Kier molecular flexibility index (Phi) is 2.39. The minimum absolute atomic E-state index is 0.0840. The average molecular weight is 279 g/mol. The maximum atomic E-state index is 13.1. The van der Waals surface area contributed by atoms with Gasteiger partial charge in [0.2, 0.25) is 0 Å². The first kappa shape index (κ1) is 10.1. The first-order valence-electron chi connectivity index (χ1n) is 4.21. The second kappa shape index (κ2) is 3.31. The van der Waals surface area contributed by atoms with Gasteiger partial charge in [-0.25, -0.2) is 12.8 Å². The topological polar surface area (TPSA) is 34.1 Å². The van der Waals surface area contributed by atoms with Gasteiger partial charge in [-0.15, -0.1) is 0 Å². The first-order chi connectivity index (χ1) is 6.51. The van der Waals surface area contributed by atoms with Crippen LogP contribution in [-0.2, 0) is 9.84 Å². The van der Waals surface area contributed by atoms with E-state index in [0.29, 0.717) is 12.8 Å². The van der Waals surface area contributed by atoms with E-state index >= 15 is 0 Å². The third-order valence-corrected chi connectivity index (χ3v) is 5.09. The Morgan fingerprint density at radius 1 is 1.36 bits per heavy atom. The SMILES string of the molecule is O=S(=O)(c1ccc(Br)c(F)c1)C1CC1. The van der Waals surface area contributed by atoms with Crippen molar-refractivity contribution < 1.29 is 12.8 Å². The van der Waals surface area contributed by atoms with E-state index in [9.17, 15) is 12.8 Å². The Morgan fingerprint density at radius 3 is 2.50 bits per heavy atom. The van der Waals surface area contributed by atoms with Crippen LogP contribution in [0.3, 0.4) is 0 Å². The van der Waals surface area contributed by atoms with Crippen molar-refractivity contribution in [2.75, 3.05) is 0 Å². The fourth-order valence-electron chi connectivity index (χ4n) is 1.22. The minimum Gasteiger partial charge on any atom is -0.223 e. The van der Waals surface area contributed by atoms with E-state index in [2.05, 4.69) is 15.9 Å². The van der Waals surface area contributed by atoms with Crippen LogP contribution in [0.25, 0.3) is 0 Å². The van der Waals surface area contributed by atoms with Crippen LogP contribution in [0.4, 0.5) is 4.39 Å². The fourth-order valence-corrected chi connectivity index (χ4v) is 3.14. The zero-order valence-electron chi connectivity index (χ0n) is 7.20. The van der Waals surface area contributed by atoms with Crippen molar-refractivity contribution in [1.82, 2.24) is 0 Å². The highest BCUT2D eigenvalue weighted by molar-refractivity contribution is 9.10. The molecule has 2 rings (SSSR count). The van der Waals surface area contributed by atoms with Crippen molar-refractivity contribution in [2.24, 2.45) is 0 Å². The van der Waals surface area contributed by atoms with Gasteiger partial charge in [0.05, 0.1) is 14.6 Å². The van der Waals surface area contributed by atoms with Gasteiger partial charge in [0, 0.05) is 0 Å². The highest BCUT2D eigenvalue weighted by Gasteiger charge is 2.37. The Balaban J connectivity index is 2.46. The Morgan fingerprint density at radius 2 is 2.00 bits per heavy atom. The van der Waals surface area contributed by atoms with Gasteiger partial charge in [-0.2, -0.15) is 0 Å². The molecule has 5 heteroatoms. The highest BCUT2D eigenvalue weighted by Crippen LogP contribution is 2.34. The first-order valence-corrected chi connectivity index (χ1v) is 6.54. The van der Waals surface area contributed by atoms with E-state index in [0.717, 1.165) is 6.07 Å². The number of benzene rings is 1. The molecule has 0 aromatic heterocycles. The van der Waals surface area contributed by atoms with E-state index < -0.39 is 15.7 Å². The van der Waals surface area contributed by atoms with Crippen molar-refractivity contribution >= 4 is 25.8 Å². The summed E-state index contributed by atoms with van der Waals surface area (Å²) in [5, 5.41) is -0.289. The summed E-state index contributed by atoms with van der Waals surface area (Å²) in [5.74, 6) is -0.535. The largest absolute Gasteiger partial charge is 0.223 e. The summed E-state index contributed by atoms with van der Waals surface area (Å²) in [6.45, 7) is 0. The van der Waals surface area contributed by atoms with Crippen LogP contribution < -0.4 is 0 Å². The lowest BCUT2D eigenvalue weighted by atomic mass is 10.3. The molecule has 0 N–H and O–H groups in total. The second-order valence-corrected chi connectivity index (χ2v) is 6.40. The van der Waals surface area contributed by atoms with Gasteiger partial charge in [0.25, 0.3) is 0 Å². The molecule has 2 nitrogen and oxygen atoms in total. The maximum absolute atomic E-state index is 13.1. The quantitative estimate of drug-likeness (QED) is 0.833. The van der Waals surface area contributed by atoms with Crippen LogP contribution in [0.15, 0.2) is 27.6 Å². The lowest BCUT2D eigenvalue weighted by molar-refractivity contribution is 0.588. The summed E-state index contributed by atoms with van der Waals surface area (Å²) in [4.78, 5) is 0.0840. The molecule has 0 atom stereocenters. The van der Waals surface area contributed by atoms with Gasteiger partial charge in [0.1, 0.15) is 5.82 Å². The van der Waals surface area contributed by atoms with Crippen LogP contribution >= 0.6 is 15.9 Å². The normalized spacial score (nSPS) is 17.0. The smallest absolute Gasteiger partial charge is 0.181 e. The summed E-state index contributed by atoms with van der Waals surface area (Å²) in [7, 11) is -3.27. The molecule has 1 aromatic carbocycles. The molecule has 1 aliphatic carbocycles. The second-order valence-electron chi connectivity index (χ2n) is 3.32. The zero-order chi connectivity index (χ0) is 10.3. The molecule has 0 bridgehead atoms. The number of hydrogen-bond donors (Lipinski definition) is 0. The molecule has 14 heavy (non-hydrogen) atoms. The Labute approximate surface area is 90.2 Å². The maximum Gasteiger partial charge on any atom is 0.181 e. The molecule has 0 radical (unpaired) electrons. The third kappa shape index (κ3) is 1.70. The molecule has 76 valence electrons. The predicted molar refractivity (Wildman–Crippen MR) is 54.3 cm³/mol. The lowest BCUT2D eigenvalue weighted by Crippen LogP contribution is -2.07. The van der Waals surface area contributed by atoms with Crippen molar-refractivity contribution in [3.8, 4) is 0 Å². The molecule has 1 saturated carbocycles. The van der Waals surface area contributed by atoms with E-state index in [1.165, 1.54) is 12.1 Å². The van der Waals surface area contributed by atoms with Gasteiger partial charge in [-0.1, -0.05) is 0 Å². The minimum atomic E-state index is -3.27. The molecule has 0 saturated heterocycles. The summed E-state index contributed by atoms with van der Waals surface area (Å²) in [6.07, 6.45) is 1.39. The highest BCUT2D eigenvalue weighted by atomic mass is 79.9. The molecule has 0 heterocycles. The number of hydrogen-bond acceptors (Lipinski definition) is 2. The zero-order valence-corrected chi connectivity index (χ0v) is 9.61. The van der Waals surface area contributed by atoms with Crippen molar-refractivity contribution in [1.29, 1.82) is 0 Å². The van der Waals surface area contributed by atoms with Crippen LogP contribution in [0.2, 0.25) is 0 Å². The van der Waals surface area contributed by atoms with E-state index in [4.69, 9.17) is 0 Å². The van der Waals surface area contributed by atoms with Gasteiger partial charge in [-0.3, -0.25) is 0 Å². The van der Waals surface area contributed by atoms with Crippen LogP contribution in [0.5, 0.6) is 0 Å². The summed E-state index contributed by atoms with van der Waals surface area (Å²) >= 11 is 2.98. The van der Waals surface area contributed by atoms with Crippen LogP contribution in [-0.4, -0.2) is 13.7 Å². The van der Waals surface area contributed by atoms with Crippen molar-refractivity contribution in [3.05, 3.63) is 28.5 Å². The fraction of sp³-hybridized carbons (Fsp3) is 0.333. The molecule has 0 amide bonds. The molecule has 0 unspecified atom stereocenters. The monoisotopic (exact) mass is 278 g/mol.